The smallest absolute Gasteiger partial charge is 0.169 e. The molecule has 7 heteroatoms. The monoisotopic (exact) mass is 257 g/mol. The fraction of sp³-hybridized carbons (Fsp3) is 0.333. The zero-order valence-electron chi connectivity index (χ0n) is 11.0. The molecule has 2 aromatic heterocycles. The van der Waals surface area contributed by atoms with Gasteiger partial charge in [0, 0.05) is 17.8 Å². The van der Waals surface area contributed by atoms with Gasteiger partial charge in [0.15, 0.2) is 11.6 Å². The van der Waals surface area contributed by atoms with E-state index >= 15 is 0 Å². The van der Waals surface area contributed by atoms with Crippen molar-refractivity contribution in [3.63, 3.8) is 0 Å². The van der Waals surface area contributed by atoms with Gasteiger partial charge in [0.1, 0.15) is 23.8 Å². The second-order valence-corrected chi connectivity index (χ2v) is 4.45. The van der Waals surface area contributed by atoms with Crippen LogP contribution in [0.25, 0.3) is 5.82 Å². The van der Waals surface area contributed by atoms with E-state index in [2.05, 4.69) is 26.5 Å². The van der Waals surface area contributed by atoms with Crippen molar-refractivity contribution in [2.75, 3.05) is 11.1 Å². The van der Waals surface area contributed by atoms with E-state index in [1.165, 1.54) is 11.0 Å². The maximum Gasteiger partial charge on any atom is 0.169 e. The zero-order chi connectivity index (χ0) is 14.0. The highest BCUT2D eigenvalue weighted by Gasteiger charge is 2.17. The van der Waals surface area contributed by atoms with Gasteiger partial charge < -0.3 is 11.1 Å². The molecular formula is C12H15N7. The predicted molar refractivity (Wildman–Crippen MR) is 71.8 cm³/mol. The Kier molecular flexibility index (Phi) is 3.33. The Hall–Kier alpha value is -2.62. The summed E-state index contributed by atoms with van der Waals surface area (Å²) in [5.41, 5.74) is 7.08. The minimum absolute atomic E-state index is 0.155. The molecule has 7 nitrogen and oxygen atoms in total. The van der Waals surface area contributed by atoms with Crippen LogP contribution in [0.15, 0.2) is 12.4 Å². The molecule has 0 aromatic carbocycles. The number of hydrogen-bond donors (Lipinski definition) is 2. The van der Waals surface area contributed by atoms with Crippen LogP contribution in [0.1, 0.15) is 25.1 Å². The summed E-state index contributed by atoms with van der Waals surface area (Å²) < 4.78 is 1.44. The number of anilines is 2. The maximum atomic E-state index is 9.17. The summed E-state index contributed by atoms with van der Waals surface area (Å²) in [5, 5.41) is 16.6. The van der Waals surface area contributed by atoms with Gasteiger partial charge in [-0.2, -0.15) is 9.94 Å². The molecule has 0 aliphatic rings. The second kappa shape index (κ2) is 4.94. The van der Waals surface area contributed by atoms with Gasteiger partial charge >= 0.3 is 0 Å². The molecule has 98 valence electrons. The Morgan fingerprint density at radius 3 is 2.74 bits per heavy atom. The number of nitrogen functional groups attached to an aromatic ring is 1. The summed E-state index contributed by atoms with van der Waals surface area (Å²) in [6.45, 7) is 5.78. The number of nitrogens with zero attached hydrogens (tertiary/aromatic N) is 5. The summed E-state index contributed by atoms with van der Waals surface area (Å²) in [6.07, 6.45) is 1.44. The van der Waals surface area contributed by atoms with Crippen LogP contribution in [-0.4, -0.2) is 25.8 Å². The van der Waals surface area contributed by atoms with Gasteiger partial charge in [-0.15, -0.1) is 5.10 Å². The third-order valence-electron chi connectivity index (χ3n) is 2.46. The Labute approximate surface area is 111 Å². The first kappa shape index (κ1) is 12.8. The number of rotatable bonds is 3. The Morgan fingerprint density at radius 1 is 1.42 bits per heavy atom. The SMILES string of the molecule is Cc1cc(-n2nc(NC(C)C)c(C#N)c2N)ncn1. The highest BCUT2D eigenvalue weighted by atomic mass is 15.4. The Morgan fingerprint density at radius 2 is 2.16 bits per heavy atom. The summed E-state index contributed by atoms with van der Waals surface area (Å²) in [7, 11) is 0. The second-order valence-electron chi connectivity index (χ2n) is 4.45. The molecule has 0 aliphatic carbocycles. The first-order chi connectivity index (χ1) is 9.02. The van der Waals surface area contributed by atoms with Crippen LogP contribution in [0.5, 0.6) is 0 Å². The molecule has 3 N–H and O–H groups in total. The van der Waals surface area contributed by atoms with Crippen LogP contribution >= 0.6 is 0 Å². The van der Waals surface area contributed by atoms with E-state index in [4.69, 9.17) is 5.73 Å². The fourth-order valence-electron chi connectivity index (χ4n) is 1.65. The molecule has 0 fully saturated rings. The lowest BCUT2D eigenvalue weighted by molar-refractivity contribution is 0.825. The van der Waals surface area contributed by atoms with Crippen molar-refractivity contribution < 1.29 is 0 Å². The molecule has 0 amide bonds. The number of nitrogens with two attached hydrogens (primary N) is 1. The van der Waals surface area contributed by atoms with Crippen molar-refractivity contribution >= 4 is 11.6 Å². The van der Waals surface area contributed by atoms with E-state index in [9.17, 15) is 5.26 Å². The highest BCUT2D eigenvalue weighted by Crippen LogP contribution is 2.23. The normalized spacial score (nSPS) is 10.5. The van der Waals surface area contributed by atoms with E-state index in [1.54, 1.807) is 6.07 Å². The largest absolute Gasteiger partial charge is 0.382 e. The van der Waals surface area contributed by atoms with Crippen molar-refractivity contribution in [2.45, 2.75) is 26.8 Å². The molecule has 2 rings (SSSR count). The third kappa shape index (κ3) is 2.47. The standard InChI is InChI=1S/C12H15N7/c1-7(2)17-12-9(5-13)11(14)19(18-12)10-4-8(3)15-6-16-10/h4,6-7H,14H2,1-3H3,(H,17,18). The minimum atomic E-state index is 0.155. The van der Waals surface area contributed by atoms with Crippen LogP contribution < -0.4 is 11.1 Å². The molecular weight excluding hydrogens is 242 g/mol. The molecule has 0 spiro atoms. The van der Waals surface area contributed by atoms with E-state index in [0.29, 0.717) is 17.2 Å². The molecule has 0 saturated heterocycles. The van der Waals surface area contributed by atoms with Crippen molar-refractivity contribution in [1.82, 2.24) is 19.7 Å². The quantitative estimate of drug-likeness (QED) is 0.857. The zero-order valence-corrected chi connectivity index (χ0v) is 11.0. The molecule has 0 radical (unpaired) electrons. The first-order valence-electron chi connectivity index (χ1n) is 5.87. The lowest BCUT2D eigenvalue weighted by Gasteiger charge is -2.05. The average Bonchev–Trinajstić information content (AvgIpc) is 2.65. The van der Waals surface area contributed by atoms with E-state index in [0.717, 1.165) is 5.69 Å². The Bertz CT molecular complexity index is 636. The van der Waals surface area contributed by atoms with Gasteiger partial charge in [-0.3, -0.25) is 0 Å². The maximum absolute atomic E-state index is 9.17. The fourth-order valence-corrected chi connectivity index (χ4v) is 1.65. The molecule has 0 aliphatic heterocycles. The molecule has 0 bridgehead atoms. The van der Waals surface area contributed by atoms with Gasteiger partial charge in [0.05, 0.1) is 0 Å². The predicted octanol–water partition coefficient (Wildman–Crippen LogP) is 1.24. The number of hydrogen-bond acceptors (Lipinski definition) is 6. The van der Waals surface area contributed by atoms with Crippen molar-refractivity contribution in [2.24, 2.45) is 0 Å². The van der Waals surface area contributed by atoms with Crippen LogP contribution in [0.2, 0.25) is 0 Å². The lowest BCUT2D eigenvalue weighted by atomic mass is 10.3. The van der Waals surface area contributed by atoms with E-state index in [-0.39, 0.29) is 11.9 Å². The molecule has 0 atom stereocenters. The van der Waals surface area contributed by atoms with Gasteiger partial charge in [-0.25, -0.2) is 9.97 Å². The number of aromatic nitrogens is 4. The van der Waals surface area contributed by atoms with Gasteiger partial charge in [0.2, 0.25) is 0 Å². The molecule has 19 heavy (non-hydrogen) atoms. The number of nitriles is 1. The third-order valence-corrected chi connectivity index (χ3v) is 2.46. The van der Waals surface area contributed by atoms with Crippen LogP contribution in [0.4, 0.5) is 11.6 Å². The molecule has 0 unspecified atom stereocenters. The summed E-state index contributed by atoms with van der Waals surface area (Å²) in [4.78, 5) is 8.13. The van der Waals surface area contributed by atoms with Crippen molar-refractivity contribution in [3.05, 3.63) is 23.7 Å². The van der Waals surface area contributed by atoms with Crippen LogP contribution in [-0.2, 0) is 0 Å². The summed E-state index contributed by atoms with van der Waals surface area (Å²) >= 11 is 0. The van der Waals surface area contributed by atoms with Gasteiger partial charge in [-0.1, -0.05) is 0 Å². The topological polar surface area (TPSA) is 105 Å². The lowest BCUT2D eigenvalue weighted by Crippen LogP contribution is -2.11. The van der Waals surface area contributed by atoms with Gasteiger partial charge in [0.25, 0.3) is 0 Å². The molecule has 0 saturated carbocycles. The average molecular weight is 257 g/mol. The van der Waals surface area contributed by atoms with Crippen molar-refractivity contribution in [1.29, 1.82) is 5.26 Å². The Balaban J connectivity index is 2.54. The van der Waals surface area contributed by atoms with Crippen molar-refractivity contribution in [3.8, 4) is 11.9 Å². The molecule has 2 heterocycles. The van der Waals surface area contributed by atoms with Crippen LogP contribution in [0.3, 0.4) is 0 Å². The van der Waals surface area contributed by atoms with E-state index < -0.39 is 0 Å². The van der Waals surface area contributed by atoms with Gasteiger partial charge in [-0.05, 0) is 20.8 Å². The number of aryl methyl sites for hydroxylation is 1. The first-order valence-corrected chi connectivity index (χ1v) is 5.87. The summed E-state index contributed by atoms with van der Waals surface area (Å²) in [5.74, 6) is 1.27. The minimum Gasteiger partial charge on any atom is -0.382 e. The van der Waals surface area contributed by atoms with E-state index in [1.807, 2.05) is 20.8 Å². The highest BCUT2D eigenvalue weighted by molar-refractivity contribution is 5.65. The number of nitrogens with one attached hydrogen (secondary N) is 1. The molecule has 2 aromatic rings. The van der Waals surface area contributed by atoms with Crippen LogP contribution in [0, 0.1) is 18.3 Å². The summed E-state index contributed by atoms with van der Waals surface area (Å²) in [6, 6.07) is 3.97.